The van der Waals surface area contributed by atoms with Gasteiger partial charge in [0.2, 0.25) is 5.91 Å². The first-order chi connectivity index (χ1) is 7.63. The van der Waals surface area contributed by atoms with Gasteiger partial charge in [0.05, 0.1) is 5.69 Å². The Bertz CT molecular complexity index is 393. The highest BCUT2D eigenvalue weighted by molar-refractivity contribution is 5.90. The summed E-state index contributed by atoms with van der Waals surface area (Å²) in [6.07, 6.45) is 0. The second-order valence-electron chi connectivity index (χ2n) is 3.03. The second kappa shape index (κ2) is 5.72. The van der Waals surface area contributed by atoms with E-state index in [0.717, 1.165) is 0 Å². The summed E-state index contributed by atoms with van der Waals surface area (Å²) >= 11 is 0. The molecule has 0 fully saturated rings. The summed E-state index contributed by atoms with van der Waals surface area (Å²) in [4.78, 5) is 21.8. The molecule has 0 aliphatic rings. The molecule has 0 aliphatic heterocycles. The number of carbonyl (C=O) groups excluding carboxylic acids is 2. The van der Waals surface area contributed by atoms with Crippen LogP contribution in [-0.4, -0.2) is 18.4 Å². The van der Waals surface area contributed by atoms with E-state index in [1.165, 1.54) is 6.92 Å². The topological polar surface area (TPSA) is 93.4 Å². The van der Waals surface area contributed by atoms with Crippen LogP contribution in [0, 0.1) is 0 Å². The summed E-state index contributed by atoms with van der Waals surface area (Å²) in [7, 11) is 0. The van der Waals surface area contributed by atoms with Crippen LogP contribution in [0.2, 0.25) is 0 Å². The first-order valence-corrected chi connectivity index (χ1v) is 4.62. The Morgan fingerprint density at radius 2 is 2.06 bits per heavy atom. The highest BCUT2D eigenvalue weighted by atomic mass is 16.5. The quantitative estimate of drug-likeness (QED) is 0.381. The summed E-state index contributed by atoms with van der Waals surface area (Å²) in [5.74, 6) is 4.67. The molecule has 2 amide bonds. The van der Waals surface area contributed by atoms with Crippen LogP contribution < -0.4 is 21.3 Å². The van der Waals surface area contributed by atoms with Gasteiger partial charge in [-0.05, 0) is 12.1 Å². The van der Waals surface area contributed by atoms with E-state index in [1.807, 2.05) is 5.43 Å². The fourth-order valence-corrected chi connectivity index (χ4v) is 1.07. The number of nitrogens with two attached hydrogens (primary N) is 1. The molecule has 1 aromatic carbocycles. The molecule has 86 valence electrons. The molecular weight excluding hydrogens is 210 g/mol. The van der Waals surface area contributed by atoms with Gasteiger partial charge in [-0.15, -0.1) is 0 Å². The lowest BCUT2D eigenvalue weighted by Gasteiger charge is -2.10. The van der Waals surface area contributed by atoms with Crippen molar-refractivity contribution in [2.45, 2.75) is 6.92 Å². The van der Waals surface area contributed by atoms with Crippen LogP contribution in [0.3, 0.4) is 0 Å². The number of benzene rings is 1. The zero-order valence-corrected chi connectivity index (χ0v) is 8.82. The fourth-order valence-electron chi connectivity index (χ4n) is 1.07. The van der Waals surface area contributed by atoms with Crippen molar-refractivity contribution in [2.75, 3.05) is 11.9 Å². The summed E-state index contributed by atoms with van der Waals surface area (Å²) in [5, 5.41) is 2.59. The average Bonchev–Trinajstić information content (AvgIpc) is 2.26. The third kappa shape index (κ3) is 3.58. The standard InChI is InChI=1S/C10H13N3O3/c1-7(14)12-8-4-2-3-5-9(8)16-6-10(15)13-11/h2-5H,6,11H2,1H3,(H,12,14)(H,13,15). The molecule has 6 nitrogen and oxygen atoms in total. The molecule has 0 unspecified atom stereocenters. The van der Waals surface area contributed by atoms with Gasteiger partial charge in [0, 0.05) is 6.92 Å². The molecule has 0 bridgehead atoms. The van der Waals surface area contributed by atoms with Gasteiger partial charge in [0.1, 0.15) is 5.75 Å². The van der Waals surface area contributed by atoms with Gasteiger partial charge < -0.3 is 10.1 Å². The van der Waals surface area contributed by atoms with Crippen molar-refractivity contribution in [1.29, 1.82) is 0 Å². The largest absolute Gasteiger partial charge is 0.482 e. The first kappa shape index (κ1) is 12.0. The van der Waals surface area contributed by atoms with Crippen molar-refractivity contribution in [3.05, 3.63) is 24.3 Å². The van der Waals surface area contributed by atoms with Gasteiger partial charge in [-0.3, -0.25) is 15.0 Å². The van der Waals surface area contributed by atoms with Crippen molar-refractivity contribution < 1.29 is 14.3 Å². The number of nitrogens with one attached hydrogen (secondary N) is 2. The fraction of sp³-hybridized carbons (Fsp3) is 0.200. The lowest BCUT2D eigenvalue weighted by atomic mass is 10.3. The Balaban J connectivity index is 2.70. The molecule has 0 saturated heterocycles. The number of para-hydroxylation sites is 2. The number of hydrogen-bond donors (Lipinski definition) is 3. The maximum Gasteiger partial charge on any atom is 0.271 e. The van der Waals surface area contributed by atoms with E-state index in [1.54, 1.807) is 24.3 Å². The van der Waals surface area contributed by atoms with Gasteiger partial charge in [-0.25, -0.2) is 5.84 Å². The third-order valence-corrected chi connectivity index (χ3v) is 1.72. The lowest BCUT2D eigenvalue weighted by Crippen LogP contribution is -2.34. The number of hydrazine groups is 1. The molecule has 4 N–H and O–H groups in total. The zero-order chi connectivity index (χ0) is 12.0. The van der Waals surface area contributed by atoms with E-state index in [0.29, 0.717) is 11.4 Å². The van der Waals surface area contributed by atoms with Crippen LogP contribution in [-0.2, 0) is 9.59 Å². The van der Waals surface area contributed by atoms with Crippen LogP contribution in [0.1, 0.15) is 6.92 Å². The monoisotopic (exact) mass is 223 g/mol. The van der Waals surface area contributed by atoms with E-state index >= 15 is 0 Å². The summed E-state index contributed by atoms with van der Waals surface area (Å²) in [6, 6.07) is 6.81. The molecule has 0 aromatic heterocycles. The van der Waals surface area contributed by atoms with Gasteiger partial charge in [-0.1, -0.05) is 12.1 Å². The van der Waals surface area contributed by atoms with E-state index in [2.05, 4.69) is 5.32 Å². The van der Waals surface area contributed by atoms with Crippen LogP contribution in [0.4, 0.5) is 5.69 Å². The Hall–Kier alpha value is -2.08. The molecule has 0 heterocycles. The smallest absolute Gasteiger partial charge is 0.271 e. The van der Waals surface area contributed by atoms with E-state index in [9.17, 15) is 9.59 Å². The highest BCUT2D eigenvalue weighted by Gasteiger charge is 2.06. The first-order valence-electron chi connectivity index (χ1n) is 4.62. The summed E-state index contributed by atoms with van der Waals surface area (Å²) in [5.41, 5.74) is 2.46. The second-order valence-corrected chi connectivity index (χ2v) is 3.03. The third-order valence-electron chi connectivity index (χ3n) is 1.72. The molecule has 0 atom stereocenters. The van der Waals surface area contributed by atoms with Gasteiger partial charge in [0.25, 0.3) is 5.91 Å². The normalized spacial score (nSPS) is 9.38. The van der Waals surface area contributed by atoms with E-state index < -0.39 is 5.91 Å². The van der Waals surface area contributed by atoms with E-state index in [-0.39, 0.29) is 12.5 Å². The van der Waals surface area contributed by atoms with Crippen molar-refractivity contribution in [2.24, 2.45) is 5.84 Å². The number of ether oxygens (including phenoxy) is 1. The highest BCUT2D eigenvalue weighted by Crippen LogP contribution is 2.23. The average molecular weight is 223 g/mol. The minimum absolute atomic E-state index is 0.201. The van der Waals surface area contributed by atoms with Crippen molar-refractivity contribution in [3.63, 3.8) is 0 Å². The maximum atomic E-state index is 10.9. The molecule has 0 radical (unpaired) electrons. The maximum absolute atomic E-state index is 10.9. The van der Waals surface area contributed by atoms with Crippen molar-refractivity contribution >= 4 is 17.5 Å². The van der Waals surface area contributed by atoms with Gasteiger partial charge in [-0.2, -0.15) is 0 Å². The van der Waals surface area contributed by atoms with Crippen molar-refractivity contribution in [1.82, 2.24) is 5.43 Å². The minimum Gasteiger partial charge on any atom is -0.482 e. The summed E-state index contributed by atoms with van der Waals surface area (Å²) in [6.45, 7) is 1.19. The van der Waals surface area contributed by atoms with Gasteiger partial charge >= 0.3 is 0 Å². The number of hydrogen-bond acceptors (Lipinski definition) is 4. The SMILES string of the molecule is CC(=O)Nc1ccccc1OCC(=O)NN. The molecule has 0 aliphatic carbocycles. The Kier molecular flexibility index (Phi) is 4.28. The Labute approximate surface area is 92.7 Å². The molecular formula is C10H13N3O3. The number of carbonyl (C=O) groups is 2. The molecule has 6 heteroatoms. The molecule has 16 heavy (non-hydrogen) atoms. The summed E-state index contributed by atoms with van der Waals surface area (Å²) < 4.78 is 5.18. The minimum atomic E-state index is -0.447. The zero-order valence-electron chi connectivity index (χ0n) is 8.82. The molecule has 0 saturated carbocycles. The van der Waals surface area contributed by atoms with Gasteiger partial charge in [0.15, 0.2) is 6.61 Å². The number of rotatable bonds is 4. The molecule has 1 aromatic rings. The van der Waals surface area contributed by atoms with Crippen molar-refractivity contribution in [3.8, 4) is 5.75 Å². The van der Waals surface area contributed by atoms with Crippen LogP contribution >= 0.6 is 0 Å². The predicted octanol–water partition coefficient (Wildman–Crippen LogP) is 0.0137. The molecule has 1 rings (SSSR count). The Morgan fingerprint density at radius 3 is 2.69 bits per heavy atom. The molecule has 0 spiro atoms. The van der Waals surface area contributed by atoms with Crippen LogP contribution in [0.5, 0.6) is 5.75 Å². The number of amides is 2. The Morgan fingerprint density at radius 1 is 1.38 bits per heavy atom. The lowest BCUT2D eigenvalue weighted by molar-refractivity contribution is -0.123. The van der Waals surface area contributed by atoms with Crippen LogP contribution in [0.25, 0.3) is 0 Å². The van der Waals surface area contributed by atoms with E-state index in [4.69, 9.17) is 10.6 Å². The van der Waals surface area contributed by atoms with Crippen LogP contribution in [0.15, 0.2) is 24.3 Å². The number of anilines is 1. The predicted molar refractivity (Wildman–Crippen MR) is 58.6 cm³/mol.